The molecule has 1 amide bonds. The number of carbonyl (C=O) groups excluding carboxylic acids is 1. The van der Waals surface area contributed by atoms with Crippen molar-refractivity contribution in [1.29, 1.82) is 0 Å². The third-order valence-corrected chi connectivity index (χ3v) is 2.98. The number of carboxylic acid groups (broad SMARTS) is 1. The molecule has 0 saturated heterocycles. The Balaban J connectivity index is 2.55. The van der Waals surface area contributed by atoms with Crippen molar-refractivity contribution in [2.45, 2.75) is 39.2 Å². The van der Waals surface area contributed by atoms with Crippen LogP contribution >= 0.6 is 0 Å². The van der Waals surface area contributed by atoms with Crippen LogP contribution in [0.1, 0.15) is 32.6 Å². The molecule has 0 aliphatic heterocycles. The van der Waals surface area contributed by atoms with Gasteiger partial charge in [0.2, 0.25) is 11.8 Å². The summed E-state index contributed by atoms with van der Waals surface area (Å²) in [6.45, 7) is 4.97. The van der Waals surface area contributed by atoms with E-state index in [0.717, 1.165) is 0 Å². The van der Waals surface area contributed by atoms with Crippen LogP contribution < -0.4 is 10.6 Å². The summed E-state index contributed by atoms with van der Waals surface area (Å²) in [5.41, 5.74) is -1.10. The number of carbonyl (C=O) groups is 2. The molecule has 1 rings (SSSR count). The summed E-state index contributed by atoms with van der Waals surface area (Å²) in [6, 6.07) is -0.00165. The first-order chi connectivity index (χ1) is 8.93. The molecule has 0 aliphatic carbocycles. The highest BCUT2D eigenvalue weighted by Crippen LogP contribution is 2.15. The van der Waals surface area contributed by atoms with Gasteiger partial charge in [0.25, 0.3) is 0 Å². The highest BCUT2D eigenvalue weighted by Gasteiger charge is 2.34. The molecule has 19 heavy (non-hydrogen) atoms. The Morgan fingerprint density at radius 1 is 1.32 bits per heavy atom. The van der Waals surface area contributed by atoms with Crippen LogP contribution in [0.5, 0.6) is 0 Å². The summed E-state index contributed by atoms with van der Waals surface area (Å²) in [7, 11) is 0. The molecule has 1 heterocycles. The van der Waals surface area contributed by atoms with Crippen molar-refractivity contribution >= 4 is 17.9 Å². The number of hydrogen-bond donors (Lipinski definition) is 3. The number of aryl methyl sites for hydroxylation is 1. The van der Waals surface area contributed by atoms with Crippen LogP contribution in [0.3, 0.4) is 0 Å². The first kappa shape index (κ1) is 15.1. The predicted molar refractivity (Wildman–Crippen MR) is 66.6 cm³/mol. The van der Waals surface area contributed by atoms with E-state index in [4.69, 9.17) is 4.42 Å². The fourth-order valence-electron chi connectivity index (χ4n) is 1.64. The number of aromatic nitrogens is 2. The summed E-state index contributed by atoms with van der Waals surface area (Å²) in [6.07, 6.45) is 0.761. The topological polar surface area (TPSA) is 117 Å². The molecule has 8 nitrogen and oxygen atoms in total. The van der Waals surface area contributed by atoms with E-state index >= 15 is 0 Å². The molecule has 8 heteroatoms. The van der Waals surface area contributed by atoms with E-state index in [2.05, 4.69) is 20.8 Å². The number of carboxylic acids is 1. The minimum absolute atomic E-state index is 0.00165. The first-order valence-electron chi connectivity index (χ1n) is 6.02. The monoisotopic (exact) mass is 270 g/mol. The minimum Gasteiger partial charge on any atom is -0.480 e. The van der Waals surface area contributed by atoms with Crippen molar-refractivity contribution in [2.24, 2.45) is 0 Å². The van der Waals surface area contributed by atoms with Gasteiger partial charge in [-0.2, -0.15) is 0 Å². The minimum atomic E-state index is -1.10. The number of amides is 1. The van der Waals surface area contributed by atoms with Crippen molar-refractivity contribution in [3.8, 4) is 0 Å². The van der Waals surface area contributed by atoms with Crippen LogP contribution in [-0.2, 0) is 9.59 Å². The lowest BCUT2D eigenvalue weighted by atomic mass is 9.93. The Kier molecular flexibility index (Phi) is 4.99. The van der Waals surface area contributed by atoms with Crippen molar-refractivity contribution < 1.29 is 19.1 Å². The lowest BCUT2D eigenvalue weighted by Gasteiger charge is -2.27. The molecular formula is C11H18N4O4. The molecule has 1 aromatic heterocycles. The molecule has 0 aromatic carbocycles. The lowest BCUT2D eigenvalue weighted by Crippen LogP contribution is -2.53. The van der Waals surface area contributed by atoms with Gasteiger partial charge in [-0.1, -0.05) is 18.9 Å². The van der Waals surface area contributed by atoms with Gasteiger partial charge in [-0.3, -0.25) is 20.2 Å². The van der Waals surface area contributed by atoms with Gasteiger partial charge in [-0.25, -0.2) is 0 Å². The number of rotatable bonds is 7. The summed E-state index contributed by atoms with van der Waals surface area (Å²) in [4.78, 5) is 22.9. The third kappa shape index (κ3) is 3.75. The Morgan fingerprint density at radius 3 is 2.37 bits per heavy atom. The van der Waals surface area contributed by atoms with E-state index < -0.39 is 17.4 Å². The molecule has 3 N–H and O–H groups in total. The second-order valence-electron chi connectivity index (χ2n) is 4.12. The Bertz CT molecular complexity index is 453. The molecule has 0 spiro atoms. The number of nitrogens with zero attached hydrogens (tertiary/aromatic N) is 2. The quantitative estimate of drug-likeness (QED) is 0.662. The SMILES string of the molecule is CCC(CC)(NCC(=O)Nc1nnc(C)o1)C(=O)O. The number of anilines is 1. The molecule has 0 aliphatic rings. The Hall–Kier alpha value is -1.96. The Morgan fingerprint density at radius 2 is 1.95 bits per heavy atom. The average Bonchev–Trinajstić information content (AvgIpc) is 2.76. The zero-order valence-corrected chi connectivity index (χ0v) is 11.2. The summed E-state index contributed by atoms with van der Waals surface area (Å²) >= 11 is 0. The van der Waals surface area contributed by atoms with E-state index in [1.54, 1.807) is 20.8 Å². The molecule has 1 aromatic rings. The second-order valence-corrected chi connectivity index (χ2v) is 4.12. The summed E-state index contributed by atoms with van der Waals surface area (Å²) in [5, 5.41) is 21.5. The number of hydrogen-bond acceptors (Lipinski definition) is 6. The van der Waals surface area contributed by atoms with Crippen LogP contribution in [0.2, 0.25) is 0 Å². The lowest BCUT2D eigenvalue weighted by molar-refractivity contribution is -0.145. The zero-order valence-electron chi connectivity index (χ0n) is 11.2. The molecule has 106 valence electrons. The molecule has 0 fully saturated rings. The van der Waals surface area contributed by atoms with E-state index in [1.807, 2.05) is 0 Å². The fourth-order valence-corrected chi connectivity index (χ4v) is 1.64. The van der Waals surface area contributed by atoms with E-state index in [0.29, 0.717) is 18.7 Å². The van der Waals surface area contributed by atoms with Gasteiger partial charge in [0.05, 0.1) is 6.54 Å². The van der Waals surface area contributed by atoms with Gasteiger partial charge in [0.15, 0.2) is 0 Å². The van der Waals surface area contributed by atoms with Crippen molar-refractivity contribution in [2.75, 3.05) is 11.9 Å². The average molecular weight is 270 g/mol. The standard InChI is InChI=1S/C11H18N4O4/c1-4-11(5-2,9(17)18)12-6-8(16)13-10-15-14-7(3)19-10/h12H,4-6H2,1-3H3,(H,17,18)(H,13,15,16). The van der Waals surface area contributed by atoms with Gasteiger partial charge in [0, 0.05) is 6.92 Å². The normalized spacial score (nSPS) is 11.3. The highest BCUT2D eigenvalue weighted by atomic mass is 16.4. The highest BCUT2D eigenvalue weighted by molar-refractivity contribution is 5.91. The third-order valence-electron chi connectivity index (χ3n) is 2.98. The maximum atomic E-state index is 11.6. The van der Waals surface area contributed by atoms with E-state index in [9.17, 15) is 14.7 Å². The van der Waals surface area contributed by atoms with Crippen LogP contribution in [0.4, 0.5) is 6.01 Å². The Labute approximate surface area is 110 Å². The molecule has 0 bridgehead atoms. The first-order valence-corrected chi connectivity index (χ1v) is 6.02. The van der Waals surface area contributed by atoms with Gasteiger partial charge in [0.1, 0.15) is 5.54 Å². The molecule has 0 atom stereocenters. The van der Waals surface area contributed by atoms with E-state index in [-0.39, 0.29) is 12.6 Å². The molecule has 0 saturated carbocycles. The molecular weight excluding hydrogens is 252 g/mol. The molecule has 0 unspecified atom stereocenters. The summed E-state index contributed by atoms with van der Waals surface area (Å²) in [5.74, 6) is -1.07. The maximum absolute atomic E-state index is 11.6. The van der Waals surface area contributed by atoms with Crippen LogP contribution in [0.25, 0.3) is 0 Å². The summed E-state index contributed by atoms with van der Waals surface area (Å²) < 4.78 is 4.99. The van der Waals surface area contributed by atoms with Crippen molar-refractivity contribution in [3.63, 3.8) is 0 Å². The van der Waals surface area contributed by atoms with E-state index in [1.165, 1.54) is 0 Å². The smallest absolute Gasteiger partial charge is 0.323 e. The van der Waals surface area contributed by atoms with Crippen LogP contribution in [0.15, 0.2) is 4.42 Å². The van der Waals surface area contributed by atoms with Crippen LogP contribution in [-0.4, -0.2) is 39.3 Å². The number of aliphatic carboxylic acids is 1. The second kappa shape index (κ2) is 6.28. The van der Waals surface area contributed by atoms with Crippen molar-refractivity contribution in [3.05, 3.63) is 5.89 Å². The van der Waals surface area contributed by atoms with Gasteiger partial charge >= 0.3 is 12.0 Å². The zero-order chi connectivity index (χ0) is 14.5. The fraction of sp³-hybridized carbons (Fsp3) is 0.636. The van der Waals surface area contributed by atoms with Crippen LogP contribution in [0, 0.1) is 6.92 Å². The number of nitrogens with one attached hydrogen (secondary N) is 2. The predicted octanol–water partition coefficient (Wildman–Crippen LogP) is 0.550. The van der Waals surface area contributed by atoms with Gasteiger partial charge < -0.3 is 9.52 Å². The maximum Gasteiger partial charge on any atom is 0.323 e. The largest absolute Gasteiger partial charge is 0.480 e. The van der Waals surface area contributed by atoms with Gasteiger partial charge in [-0.05, 0) is 12.8 Å². The molecule has 0 radical (unpaired) electrons. The van der Waals surface area contributed by atoms with Crippen molar-refractivity contribution in [1.82, 2.24) is 15.5 Å². The van der Waals surface area contributed by atoms with Gasteiger partial charge in [-0.15, -0.1) is 5.10 Å².